The molecule has 2 aliphatic rings. The summed E-state index contributed by atoms with van der Waals surface area (Å²) in [6, 6.07) is 0.00551. The number of aliphatic carboxylic acids is 1. The van der Waals surface area contributed by atoms with Crippen molar-refractivity contribution in [2.45, 2.75) is 43.6 Å². The van der Waals surface area contributed by atoms with Gasteiger partial charge in [0.25, 0.3) is 0 Å². The van der Waals surface area contributed by atoms with Crippen LogP contribution in [0.4, 0.5) is 4.79 Å². The topological polar surface area (TPSA) is 66.8 Å². The van der Waals surface area contributed by atoms with Gasteiger partial charge in [0, 0.05) is 18.3 Å². The number of carboxylic acid groups (broad SMARTS) is 1. The molecule has 96 valence electrons. The van der Waals surface area contributed by atoms with Gasteiger partial charge in [-0.3, -0.25) is 4.79 Å². The summed E-state index contributed by atoms with van der Waals surface area (Å²) in [6.07, 6.45) is 0.137. The Kier molecular flexibility index (Phi) is 2.80. The molecule has 2 fully saturated rings. The highest BCUT2D eigenvalue weighted by molar-refractivity contribution is 8.01. The summed E-state index contributed by atoms with van der Waals surface area (Å²) in [5, 5.41) is 9.22. The largest absolute Gasteiger partial charge is 0.480 e. The van der Waals surface area contributed by atoms with Crippen molar-refractivity contribution in [2.24, 2.45) is 0 Å². The molecule has 1 N–H and O–H groups in total. The van der Waals surface area contributed by atoms with E-state index in [2.05, 4.69) is 0 Å². The van der Waals surface area contributed by atoms with Gasteiger partial charge < -0.3 is 14.7 Å². The van der Waals surface area contributed by atoms with Gasteiger partial charge in [0.1, 0.15) is 10.3 Å². The fourth-order valence-corrected chi connectivity index (χ4v) is 3.69. The van der Waals surface area contributed by atoms with Crippen molar-refractivity contribution in [1.82, 2.24) is 4.90 Å². The second kappa shape index (κ2) is 3.80. The van der Waals surface area contributed by atoms with Gasteiger partial charge in [0.2, 0.25) is 0 Å². The maximum atomic E-state index is 11.9. The quantitative estimate of drug-likeness (QED) is 0.774. The molecule has 1 amide bonds. The lowest BCUT2D eigenvalue weighted by Crippen LogP contribution is -2.46. The first-order valence-electron chi connectivity index (χ1n) is 5.60. The Hall–Kier alpha value is -0.910. The highest BCUT2D eigenvalue weighted by atomic mass is 32.2. The number of carboxylic acids is 1. The van der Waals surface area contributed by atoms with Gasteiger partial charge in [0.05, 0.1) is 0 Å². The predicted molar refractivity (Wildman–Crippen MR) is 64.2 cm³/mol. The number of hydrogen-bond acceptors (Lipinski definition) is 4. The van der Waals surface area contributed by atoms with Crippen LogP contribution in [0.3, 0.4) is 0 Å². The molecule has 0 radical (unpaired) electrons. The van der Waals surface area contributed by atoms with Gasteiger partial charge in [-0.15, -0.1) is 11.8 Å². The molecule has 2 atom stereocenters. The summed E-state index contributed by atoms with van der Waals surface area (Å²) < 4.78 is 4.48. The van der Waals surface area contributed by atoms with Crippen LogP contribution >= 0.6 is 11.8 Å². The summed E-state index contributed by atoms with van der Waals surface area (Å²) in [6.45, 7) is 5.68. The normalized spacial score (nSPS) is 31.7. The van der Waals surface area contributed by atoms with Crippen molar-refractivity contribution in [3.8, 4) is 0 Å². The fraction of sp³-hybridized carbons (Fsp3) is 0.818. The number of carbonyl (C=O) groups excluding carboxylic acids is 1. The maximum Gasteiger partial charge on any atom is 0.410 e. The van der Waals surface area contributed by atoms with Crippen LogP contribution in [0.25, 0.3) is 0 Å². The van der Waals surface area contributed by atoms with E-state index in [9.17, 15) is 14.7 Å². The standard InChI is InChI=1S/C11H17NO4S/c1-10(2,3)16-9(15)12-6-11(8(13)14)4-7(12)5-17-11/h7H,4-6H2,1-3H3,(H,13,14). The molecule has 2 bridgehead atoms. The third-order valence-corrected chi connectivity index (χ3v) is 4.58. The van der Waals surface area contributed by atoms with Crippen molar-refractivity contribution in [1.29, 1.82) is 0 Å². The minimum absolute atomic E-state index is 0.00551. The van der Waals surface area contributed by atoms with Gasteiger partial charge >= 0.3 is 12.1 Å². The van der Waals surface area contributed by atoms with E-state index >= 15 is 0 Å². The van der Waals surface area contributed by atoms with E-state index in [1.54, 1.807) is 25.7 Å². The maximum absolute atomic E-state index is 11.9. The molecule has 6 heteroatoms. The first-order chi connectivity index (χ1) is 7.73. The molecular weight excluding hydrogens is 242 g/mol. The first-order valence-corrected chi connectivity index (χ1v) is 6.59. The number of ether oxygens (including phenoxy) is 1. The Labute approximate surface area is 104 Å². The van der Waals surface area contributed by atoms with E-state index in [1.807, 2.05) is 0 Å². The lowest BCUT2D eigenvalue weighted by molar-refractivity contribution is -0.139. The molecule has 0 spiro atoms. The van der Waals surface area contributed by atoms with Crippen LogP contribution in [-0.2, 0) is 9.53 Å². The zero-order valence-corrected chi connectivity index (χ0v) is 11.0. The zero-order valence-electron chi connectivity index (χ0n) is 10.2. The van der Waals surface area contributed by atoms with Gasteiger partial charge in [-0.1, -0.05) is 0 Å². The number of nitrogens with zero attached hydrogens (tertiary/aromatic N) is 1. The van der Waals surface area contributed by atoms with Crippen molar-refractivity contribution < 1.29 is 19.4 Å². The van der Waals surface area contributed by atoms with E-state index in [-0.39, 0.29) is 12.6 Å². The Balaban J connectivity index is 2.07. The van der Waals surface area contributed by atoms with Crippen LogP contribution < -0.4 is 0 Å². The summed E-state index contributed by atoms with van der Waals surface area (Å²) in [7, 11) is 0. The van der Waals surface area contributed by atoms with E-state index in [1.165, 1.54) is 11.8 Å². The summed E-state index contributed by atoms with van der Waals surface area (Å²) >= 11 is 1.44. The highest BCUT2D eigenvalue weighted by Crippen LogP contribution is 2.47. The van der Waals surface area contributed by atoms with Crippen molar-refractivity contribution in [3.63, 3.8) is 0 Å². The fourth-order valence-electron chi connectivity index (χ4n) is 2.22. The Bertz CT molecular complexity index is 365. The number of likely N-dealkylation sites (tertiary alicyclic amines) is 1. The second-order valence-corrected chi connectivity index (χ2v) is 6.98. The first kappa shape index (κ1) is 12.5. The summed E-state index contributed by atoms with van der Waals surface area (Å²) in [5.41, 5.74) is -0.539. The molecule has 2 rings (SSSR count). The predicted octanol–water partition coefficient (Wildman–Crippen LogP) is 1.57. The number of rotatable bonds is 1. The second-order valence-electron chi connectivity index (χ2n) is 5.58. The molecule has 0 aliphatic carbocycles. The number of fused-ring (bicyclic) bond motifs is 2. The summed E-state index contributed by atoms with van der Waals surface area (Å²) in [5.74, 6) is -0.137. The molecule has 0 aromatic heterocycles. The van der Waals surface area contributed by atoms with Gasteiger partial charge in [0.15, 0.2) is 0 Å². The zero-order chi connectivity index (χ0) is 12.8. The smallest absolute Gasteiger partial charge is 0.410 e. The van der Waals surface area contributed by atoms with Crippen LogP contribution in [0, 0.1) is 0 Å². The molecule has 17 heavy (non-hydrogen) atoms. The van der Waals surface area contributed by atoms with Crippen molar-refractivity contribution >= 4 is 23.8 Å². The lowest BCUT2D eigenvalue weighted by atomic mass is 10.1. The number of carbonyl (C=O) groups is 2. The van der Waals surface area contributed by atoms with E-state index in [0.717, 1.165) is 0 Å². The van der Waals surface area contributed by atoms with Crippen LogP contribution in [0.15, 0.2) is 0 Å². The molecule has 2 aliphatic heterocycles. The number of hydrogen-bond donors (Lipinski definition) is 1. The molecular formula is C11H17NO4S. The van der Waals surface area contributed by atoms with Gasteiger partial charge in [-0.05, 0) is 27.2 Å². The molecule has 0 aromatic carbocycles. The molecule has 2 saturated heterocycles. The average molecular weight is 259 g/mol. The number of amides is 1. The van der Waals surface area contributed by atoms with E-state index in [0.29, 0.717) is 12.2 Å². The molecule has 0 aromatic rings. The molecule has 0 saturated carbocycles. The third kappa shape index (κ3) is 2.22. The average Bonchev–Trinajstić information content (AvgIpc) is 2.72. The number of thioether (sulfide) groups is 1. The van der Waals surface area contributed by atoms with Crippen LogP contribution in [0.1, 0.15) is 27.2 Å². The Morgan fingerprint density at radius 2 is 2.12 bits per heavy atom. The van der Waals surface area contributed by atoms with Crippen molar-refractivity contribution in [3.05, 3.63) is 0 Å². The van der Waals surface area contributed by atoms with Crippen molar-refractivity contribution in [2.75, 3.05) is 12.3 Å². The minimum Gasteiger partial charge on any atom is -0.480 e. The Morgan fingerprint density at radius 3 is 2.59 bits per heavy atom. The Morgan fingerprint density at radius 1 is 1.47 bits per heavy atom. The van der Waals surface area contributed by atoms with E-state index in [4.69, 9.17) is 4.74 Å². The summed E-state index contributed by atoms with van der Waals surface area (Å²) in [4.78, 5) is 24.7. The van der Waals surface area contributed by atoms with Gasteiger partial charge in [-0.2, -0.15) is 0 Å². The lowest BCUT2D eigenvalue weighted by Gasteiger charge is -2.31. The third-order valence-electron chi connectivity index (χ3n) is 3.00. The van der Waals surface area contributed by atoms with Crippen LogP contribution in [0.5, 0.6) is 0 Å². The highest BCUT2D eigenvalue weighted by Gasteiger charge is 2.57. The molecule has 2 heterocycles. The van der Waals surface area contributed by atoms with Gasteiger partial charge in [-0.25, -0.2) is 4.79 Å². The molecule has 2 unspecified atom stereocenters. The van der Waals surface area contributed by atoms with Crippen LogP contribution in [0.2, 0.25) is 0 Å². The molecule has 5 nitrogen and oxygen atoms in total. The minimum atomic E-state index is -0.823. The van der Waals surface area contributed by atoms with E-state index < -0.39 is 22.4 Å². The monoisotopic (exact) mass is 259 g/mol. The van der Waals surface area contributed by atoms with Crippen LogP contribution in [-0.4, -0.2) is 50.8 Å². The SMILES string of the molecule is CC(C)(C)OC(=O)N1CC2(C(=O)O)CC1CS2.